The van der Waals surface area contributed by atoms with Gasteiger partial charge in [0.25, 0.3) is 0 Å². The van der Waals surface area contributed by atoms with E-state index in [9.17, 15) is 4.79 Å². The van der Waals surface area contributed by atoms with E-state index in [4.69, 9.17) is 4.42 Å². The lowest BCUT2D eigenvalue weighted by atomic mass is 10.2. The Morgan fingerprint density at radius 1 is 1.38 bits per heavy atom. The number of aryl methyl sites for hydroxylation is 1. The van der Waals surface area contributed by atoms with Crippen LogP contribution in [-0.2, 0) is 4.74 Å². The molecule has 2 aromatic rings. The maximum absolute atomic E-state index is 11.1. The van der Waals surface area contributed by atoms with Crippen LogP contribution in [0.5, 0.6) is 0 Å². The summed E-state index contributed by atoms with van der Waals surface area (Å²) in [6, 6.07) is 1.83. The summed E-state index contributed by atoms with van der Waals surface area (Å²) in [5, 5.41) is 7.31. The van der Waals surface area contributed by atoms with E-state index in [-0.39, 0.29) is 11.8 Å². The van der Waals surface area contributed by atoms with Crippen LogP contribution in [0.1, 0.15) is 16.2 Å². The highest BCUT2D eigenvalue weighted by atomic mass is 16.5. The van der Waals surface area contributed by atoms with Gasteiger partial charge in [-0.05, 0) is 18.6 Å². The fraction of sp³-hybridized carbons (Fsp3) is 0.200. The predicted molar refractivity (Wildman–Crippen MR) is 53.6 cm³/mol. The van der Waals surface area contributed by atoms with E-state index >= 15 is 0 Å². The van der Waals surface area contributed by atoms with Crippen molar-refractivity contribution < 1.29 is 13.9 Å². The van der Waals surface area contributed by atoms with E-state index in [1.165, 1.54) is 7.11 Å². The molecular weight excluding hydrogens is 210 g/mol. The van der Waals surface area contributed by atoms with Crippen molar-refractivity contribution in [1.82, 2.24) is 15.2 Å². The molecule has 0 saturated heterocycles. The molecule has 0 amide bonds. The summed E-state index contributed by atoms with van der Waals surface area (Å²) in [7, 11) is 1.25. The lowest BCUT2D eigenvalue weighted by Crippen LogP contribution is -2.00. The highest BCUT2D eigenvalue weighted by Crippen LogP contribution is 2.17. The Kier molecular flexibility index (Phi) is 2.63. The van der Waals surface area contributed by atoms with Crippen LogP contribution in [0, 0.1) is 6.92 Å². The number of hydrogen-bond acceptors (Lipinski definition) is 6. The molecule has 6 nitrogen and oxygen atoms in total. The number of carbonyl (C=O) groups excluding carboxylic acids is 1. The molecule has 0 aliphatic carbocycles. The SMILES string of the molecule is COC(=O)c1nnc(-c2cncc(C)c2)o1. The molecule has 0 fully saturated rings. The third kappa shape index (κ3) is 1.90. The van der Waals surface area contributed by atoms with Crippen LogP contribution in [-0.4, -0.2) is 28.3 Å². The highest BCUT2D eigenvalue weighted by Gasteiger charge is 2.16. The zero-order valence-electron chi connectivity index (χ0n) is 8.80. The van der Waals surface area contributed by atoms with E-state index in [0.29, 0.717) is 5.56 Å². The van der Waals surface area contributed by atoms with Gasteiger partial charge in [-0.1, -0.05) is 0 Å². The maximum atomic E-state index is 11.1. The van der Waals surface area contributed by atoms with Gasteiger partial charge in [-0.25, -0.2) is 4.79 Å². The molecule has 0 aliphatic heterocycles. The van der Waals surface area contributed by atoms with E-state index in [1.807, 2.05) is 13.0 Å². The molecule has 16 heavy (non-hydrogen) atoms. The second-order valence-corrected chi connectivity index (χ2v) is 3.15. The molecule has 2 rings (SSSR count). The van der Waals surface area contributed by atoms with Crippen LogP contribution in [0.25, 0.3) is 11.5 Å². The first-order valence-electron chi connectivity index (χ1n) is 4.54. The number of esters is 1. The van der Waals surface area contributed by atoms with E-state index in [0.717, 1.165) is 5.56 Å². The van der Waals surface area contributed by atoms with Crippen LogP contribution in [0.4, 0.5) is 0 Å². The Labute approximate surface area is 91.3 Å². The van der Waals surface area contributed by atoms with Gasteiger partial charge in [0.15, 0.2) is 0 Å². The van der Waals surface area contributed by atoms with Gasteiger partial charge < -0.3 is 9.15 Å². The molecule has 82 valence electrons. The number of aromatic nitrogens is 3. The van der Waals surface area contributed by atoms with Crippen molar-refractivity contribution in [2.45, 2.75) is 6.92 Å². The predicted octanol–water partition coefficient (Wildman–Crippen LogP) is 1.23. The maximum Gasteiger partial charge on any atom is 0.396 e. The van der Waals surface area contributed by atoms with E-state index < -0.39 is 5.97 Å². The third-order valence-electron chi connectivity index (χ3n) is 1.91. The summed E-state index contributed by atoms with van der Waals surface area (Å²) in [5.74, 6) is -0.574. The largest absolute Gasteiger partial charge is 0.462 e. The average molecular weight is 219 g/mol. The van der Waals surface area contributed by atoms with Gasteiger partial charge in [-0.3, -0.25) is 4.98 Å². The number of nitrogens with zero attached hydrogens (tertiary/aromatic N) is 3. The fourth-order valence-corrected chi connectivity index (χ4v) is 1.18. The first-order chi connectivity index (χ1) is 7.70. The lowest BCUT2D eigenvalue weighted by molar-refractivity contribution is 0.0556. The summed E-state index contributed by atoms with van der Waals surface area (Å²) in [6.07, 6.45) is 3.29. The molecule has 0 aliphatic rings. The monoisotopic (exact) mass is 219 g/mol. The van der Waals surface area contributed by atoms with Crippen molar-refractivity contribution in [3.63, 3.8) is 0 Å². The van der Waals surface area contributed by atoms with Crippen LogP contribution < -0.4 is 0 Å². The number of ether oxygens (including phenoxy) is 1. The van der Waals surface area contributed by atoms with Crippen LogP contribution in [0.15, 0.2) is 22.9 Å². The van der Waals surface area contributed by atoms with Gasteiger partial charge >= 0.3 is 11.9 Å². The number of methoxy groups -OCH3 is 1. The molecule has 0 N–H and O–H groups in total. The average Bonchev–Trinajstić information content (AvgIpc) is 2.77. The van der Waals surface area contributed by atoms with Crippen molar-refractivity contribution in [3.05, 3.63) is 29.9 Å². The summed E-state index contributed by atoms with van der Waals surface area (Å²) in [5.41, 5.74) is 1.64. The topological polar surface area (TPSA) is 78.1 Å². The van der Waals surface area contributed by atoms with Crippen molar-refractivity contribution >= 4 is 5.97 Å². The van der Waals surface area contributed by atoms with Crippen LogP contribution in [0.2, 0.25) is 0 Å². The normalized spacial score (nSPS) is 10.1. The number of pyridine rings is 1. The molecule has 0 atom stereocenters. The second kappa shape index (κ2) is 4.09. The summed E-state index contributed by atoms with van der Waals surface area (Å²) < 4.78 is 9.60. The van der Waals surface area contributed by atoms with E-state index in [1.54, 1.807) is 12.4 Å². The number of hydrogen-bond donors (Lipinski definition) is 0. The quantitative estimate of drug-likeness (QED) is 0.707. The molecule has 0 saturated carbocycles. The molecule has 0 spiro atoms. The molecule has 0 bridgehead atoms. The minimum Gasteiger partial charge on any atom is -0.462 e. The Bertz CT molecular complexity index is 522. The molecular formula is C10H9N3O3. The summed E-state index contributed by atoms with van der Waals surface area (Å²) in [4.78, 5) is 15.1. The van der Waals surface area contributed by atoms with Gasteiger partial charge in [-0.15, -0.1) is 10.2 Å². The minimum absolute atomic E-state index is 0.168. The number of carbonyl (C=O) groups is 1. The molecule has 2 heterocycles. The Balaban J connectivity index is 2.35. The minimum atomic E-state index is -0.653. The Morgan fingerprint density at radius 2 is 2.19 bits per heavy atom. The summed E-state index contributed by atoms with van der Waals surface area (Å²) in [6.45, 7) is 1.90. The second-order valence-electron chi connectivity index (χ2n) is 3.15. The van der Waals surface area contributed by atoms with Crippen molar-refractivity contribution in [3.8, 4) is 11.5 Å². The first-order valence-corrected chi connectivity index (χ1v) is 4.54. The molecule has 0 aromatic carbocycles. The van der Waals surface area contributed by atoms with E-state index in [2.05, 4.69) is 19.9 Å². The van der Waals surface area contributed by atoms with Crippen molar-refractivity contribution in [2.24, 2.45) is 0 Å². The smallest absolute Gasteiger partial charge is 0.396 e. The van der Waals surface area contributed by atoms with Gasteiger partial charge in [0.1, 0.15) is 0 Å². The standard InChI is InChI=1S/C10H9N3O3/c1-6-3-7(5-11-4-6)8-12-13-9(16-8)10(14)15-2/h3-5H,1-2H3. The van der Waals surface area contributed by atoms with Gasteiger partial charge in [0.05, 0.1) is 12.7 Å². The Morgan fingerprint density at radius 3 is 2.88 bits per heavy atom. The third-order valence-corrected chi connectivity index (χ3v) is 1.91. The van der Waals surface area contributed by atoms with Gasteiger partial charge in [0, 0.05) is 12.4 Å². The zero-order valence-corrected chi connectivity index (χ0v) is 8.80. The fourth-order valence-electron chi connectivity index (χ4n) is 1.18. The van der Waals surface area contributed by atoms with Crippen molar-refractivity contribution in [1.29, 1.82) is 0 Å². The first kappa shape index (κ1) is 10.3. The van der Waals surface area contributed by atoms with Crippen LogP contribution >= 0.6 is 0 Å². The van der Waals surface area contributed by atoms with Crippen molar-refractivity contribution in [2.75, 3.05) is 7.11 Å². The molecule has 0 unspecified atom stereocenters. The zero-order chi connectivity index (χ0) is 11.5. The number of rotatable bonds is 2. The lowest BCUT2D eigenvalue weighted by Gasteiger charge is -1.95. The molecule has 6 heteroatoms. The Hall–Kier alpha value is -2.24. The van der Waals surface area contributed by atoms with Gasteiger partial charge in [0.2, 0.25) is 5.89 Å². The van der Waals surface area contributed by atoms with Crippen LogP contribution in [0.3, 0.4) is 0 Å². The highest BCUT2D eigenvalue weighted by molar-refractivity contribution is 5.84. The summed E-state index contributed by atoms with van der Waals surface area (Å²) >= 11 is 0. The molecule has 2 aromatic heterocycles. The van der Waals surface area contributed by atoms with Gasteiger partial charge in [-0.2, -0.15) is 0 Å². The molecule has 0 radical (unpaired) electrons.